The standard InChI is InChI=1S/C24H33ClN6O4/c1-17(2)20-14-35-21-8-7-18(25)12-19(21)24(34)27-9-3-4-10-30(13-22(32)29-20)23(33)6-5-11-31-16-26-15-28-31/h7-8,12,15-17,20H,3-6,9-11,13-14H2,1-2H3,(H,27,34)(H,29,32)/t20-/m0/s1. The molecule has 11 heteroatoms. The van der Waals surface area contributed by atoms with Crippen molar-refractivity contribution in [2.45, 2.75) is 52.1 Å². The minimum atomic E-state index is -0.302. The summed E-state index contributed by atoms with van der Waals surface area (Å²) in [5.41, 5.74) is 0.352. The fourth-order valence-electron chi connectivity index (χ4n) is 3.73. The summed E-state index contributed by atoms with van der Waals surface area (Å²) in [6, 6.07) is 4.60. The molecule has 2 N–H and O–H groups in total. The van der Waals surface area contributed by atoms with Crippen LogP contribution in [0.4, 0.5) is 0 Å². The highest BCUT2D eigenvalue weighted by Gasteiger charge is 2.23. The van der Waals surface area contributed by atoms with Crippen molar-refractivity contribution in [1.82, 2.24) is 30.3 Å². The normalized spacial score (nSPS) is 18.1. The fraction of sp³-hybridized carbons (Fsp3) is 0.542. The van der Waals surface area contributed by atoms with Crippen LogP contribution in [0.25, 0.3) is 0 Å². The van der Waals surface area contributed by atoms with Crippen molar-refractivity contribution < 1.29 is 19.1 Å². The molecule has 190 valence electrons. The van der Waals surface area contributed by atoms with Crippen LogP contribution in [0, 0.1) is 5.92 Å². The molecule has 1 aromatic heterocycles. The molecule has 0 radical (unpaired) electrons. The van der Waals surface area contributed by atoms with Gasteiger partial charge in [0.1, 0.15) is 25.0 Å². The van der Waals surface area contributed by atoms with Gasteiger partial charge >= 0.3 is 0 Å². The van der Waals surface area contributed by atoms with E-state index in [4.69, 9.17) is 16.3 Å². The number of halogens is 1. The van der Waals surface area contributed by atoms with Crippen LogP contribution in [0.15, 0.2) is 30.9 Å². The lowest BCUT2D eigenvalue weighted by atomic mass is 10.1. The van der Waals surface area contributed by atoms with Gasteiger partial charge in [0.25, 0.3) is 5.91 Å². The molecule has 1 aliphatic rings. The molecule has 1 aromatic carbocycles. The molecule has 35 heavy (non-hydrogen) atoms. The highest BCUT2D eigenvalue weighted by atomic mass is 35.5. The molecule has 0 aliphatic carbocycles. The van der Waals surface area contributed by atoms with Crippen LogP contribution >= 0.6 is 11.6 Å². The van der Waals surface area contributed by atoms with E-state index >= 15 is 0 Å². The molecule has 0 unspecified atom stereocenters. The van der Waals surface area contributed by atoms with Crippen LogP contribution in [0.5, 0.6) is 5.75 Å². The van der Waals surface area contributed by atoms with E-state index in [2.05, 4.69) is 20.7 Å². The summed E-state index contributed by atoms with van der Waals surface area (Å²) < 4.78 is 7.62. The van der Waals surface area contributed by atoms with Gasteiger partial charge in [-0.2, -0.15) is 5.10 Å². The van der Waals surface area contributed by atoms with Crippen LogP contribution in [0.2, 0.25) is 5.02 Å². The first-order valence-corrected chi connectivity index (χ1v) is 12.3. The SMILES string of the molecule is CC(C)[C@@H]1COc2ccc(Cl)cc2C(=O)NCCCCN(C(=O)CCCn2cncn2)CC(=O)N1. The molecule has 0 fully saturated rings. The van der Waals surface area contributed by atoms with E-state index in [1.54, 1.807) is 34.1 Å². The number of aryl methyl sites for hydroxylation is 1. The first kappa shape index (κ1) is 26.5. The minimum Gasteiger partial charge on any atom is -0.491 e. The number of ether oxygens (including phenoxy) is 1. The average molecular weight is 505 g/mol. The Balaban J connectivity index is 1.69. The predicted molar refractivity (Wildman–Crippen MR) is 131 cm³/mol. The van der Waals surface area contributed by atoms with E-state index in [0.29, 0.717) is 61.7 Å². The molecule has 3 rings (SSSR count). The maximum Gasteiger partial charge on any atom is 0.255 e. The Bertz CT molecular complexity index is 998. The van der Waals surface area contributed by atoms with Crippen LogP contribution in [-0.4, -0.2) is 69.7 Å². The number of nitrogens with zero attached hydrogens (tertiary/aromatic N) is 4. The number of hydrogen-bond acceptors (Lipinski definition) is 6. The van der Waals surface area contributed by atoms with Gasteiger partial charge in [0.05, 0.1) is 18.2 Å². The summed E-state index contributed by atoms with van der Waals surface area (Å²) in [7, 11) is 0. The van der Waals surface area contributed by atoms with Crippen LogP contribution in [0.1, 0.15) is 49.9 Å². The quantitative estimate of drug-likeness (QED) is 0.645. The number of carbonyl (C=O) groups is 3. The zero-order valence-corrected chi connectivity index (χ0v) is 21.0. The lowest BCUT2D eigenvalue weighted by Gasteiger charge is -2.26. The van der Waals surface area contributed by atoms with Gasteiger partial charge in [0.2, 0.25) is 11.8 Å². The van der Waals surface area contributed by atoms with Gasteiger partial charge in [0.15, 0.2) is 0 Å². The predicted octanol–water partition coefficient (Wildman–Crippen LogP) is 2.28. The molecule has 3 amide bonds. The topological polar surface area (TPSA) is 118 Å². The summed E-state index contributed by atoms with van der Waals surface area (Å²) >= 11 is 6.11. The van der Waals surface area contributed by atoms with Gasteiger partial charge < -0.3 is 20.3 Å². The molecule has 0 bridgehead atoms. The molecular formula is C24H33ClN6O4. The number of fused-ring (bicyclic) bond motifs is 1. The fourth-order valence-corrected chi connectivity index (χ4v) is 3.90. The van der Waals surface area contributed by atoms with Gasteiger partial charge in [-0.1, -0.05) is 25.4 Å². The summed E-state index contributed by atoms with van der Waals surface area (Å²) in [4.78, 5) is 44.0. The van der Waals surface area contributed by atoms with Gasteiger partial charge in [-0.3, -0.25) is 19.1 Å². The maximum atomic E-state index is 12.9. The highest BCUT2D eigenvalue weighted by molar-refractivity contribution is 6.31. The van der Waals surface area contributed by atoms with Crippen molar-refractivity contribution in [3.05, 3.63) is 41.4 Å². The first-order chi connectivity index (χ1) is 16.8. The Morgan fingerprint density at radius 1 is 1.29 bits per heavy atom. The van der Waals surface area contributed by atoms with E-state index in [0.717, 1.165) is 0 Å². The van der Waals surface area contributed by atoms with Crippen molar-refractivity contribution in [3.63, 3.8) is 0 Å². The number of hydrogen-bond donors (Lipinski definition) is 2. The minimum absolute atomic E-state index is 0.0239. The second kappa shape index (κ2) is 13.1. The average Bonchev–Trinajstić information content (AvgIpc) is 3.33. The molecule has 0 spiro atoms. The Kier molecular flexibility index (Phi) is 9.89. The Labute approximate surface area is 210 Å². The number of benzene rings is 1. The van der Waals surface area contributed by atoms with E-state index in [1.165, 1.54) is 6.33 Å². The van der Waals surface area contributed by atoms with Crippen molar-refractivity contribution in [3.8, 4) is 5.75 Å². The van der Waals surface area contributed by atoms with Crippen LogP contribution in [-0.2, 0) is 16.1 Å². The summed E-state index contributed by atoms with van der Waals surface area (Å²) in [5, 5.41) is 10.4. The van der Waals surface area contributed by atoms with Gasteiger partial charge in [-0.15, -0.1) is 0 Å². The number of aromatic nitrogens is 3. The number of nitrogens with one attached hydrogen (secondary N) is 2. The number of carbonyl (C=O) groups excluding carboxylic acids is 3. The second-order valence-corrected chi connectivity index (χ2v) is 9.35. The summed E-state index contributed by atoms with van der Waals surface area (Å²) in [5.74, 6) is -0.120. The number of amides is 3. The summed E-state index contributed by atoms with van der Waals surface area (Å²) in [6.45, 7) is 5.54. The monoisotopic (exact) mass is 504 g/mol. The van der Waals surface area contributed by atoms with Crippen molar-refractivity contribution >= 4 is 29.3 Å². The zero-order chi connectivity index (χ0) is 25.2. The van der Waals surface area contributed by atoms with E-state index in [1.807, 2.05) is 13.8 Å². The Hall–Kier alpha value is -3.14. The van der Waals surface area contributed by atoms with Crippen LogP contribution in [0.3, 0.4) is 0 Å². The van der Waals surface area contributed by atoms with Crippen LogP contribution < -0.4 is 15.4 Å². The molecule has 0 saturated heterocycles. The summed E-state index contributed by atoms with van der Waals surface area (Å²) in [6.07, 6.45) is 5.26. The second-order valence-electron chi connectivity index (χ2n) is 8.91. The molecule has 2 heterocycles. The molecular weight excluding hydrogens is 472 g/mol. The smallest absolute Gasteiger partial charge is 0.255 e. The number of rotatable bonds is 5. The van der Waals surface area contributed by atoms with Crippen molar-refractivity contribution in [2.75, 3.05) is 26.2 Å². The Morgan fingerprint density at radius 2 is 2.11 bits per heavy atom. The first-order valence-electron chi connectivity index (χ1n) is 11.9. The maximum absolute atomic E-state index is 12.9. The lowest BCUT2D eigenvalue weighted by Crippen LogP contribution is -2.48. The largest absolute Gasteiger partial charge is 0.491 e. The van der Waals surface area contributed by atoms with E-state index < -0.39 is 0 Å². The third-order valence-electron chi connectivity index (χ3n) is 5.83. The zero-order valence-electron chi connectivity index (χ0n) is 20.2. The van der Waals surface area contributed by atoms with Crippen molar-refractivity contribution in [2.24, 2.45) is 5.92 Å². The third-order valence-corrected chi connectivity index (χ3v) is 6.06. The Morgan fingerprint density at radius 3 is 2.86 bits per heavy atom. The highest BCUT2D eigenvalue weighted by Crippen LogP contribution is 2.23. The third kappa shape index (κ3) is 8.24. The molecule has 10 nitrogen and oxygen atoms in total. The molecule has 1 aliphatic heterocycles. The van der Waals surface area contributed by atoms with Crippen molar-refractivity contribution in [1.29, 1.82) is 0 Å². The molecule has 2 aromatic rings. The van der Waals surface area contributed by atoms with Gasteiger partial charge in [-0.25, -0.2) is 4.98 Å². The van der Waals surface area contributed by atoms with E-state index in [9.17, 15) is 14.4 Å². The van der Waals surface area contributed by atoms with Gasteiger partial charge in [0, 0.05) is 31.1 Å². The van der Waals surface area contributed by atoms with E-state index in [-0.39, 0.29) is 42.8 Å². The molecule has 1 atom stereocenters. The van der Waals surface area contributed by atoms with Gasteiger partial charge in [-0.05, 0) is 43.4 Å². The lowest BCUT2D eigenvalue weighted by molar-refractivity contribution is -0.136. The molecule has 0 saturated carbocycles.